The molecule has 6 nitrogen and oxygen atoms in total. The van der Waals surface area contributed by atoms with Crippen molar-refractivity contribution in [3.05, 3.63) is 33.9 Å². The molecule has 0 saturated carbocycles. The minimum Gasteiger partial charge on any atom is -0.393 e. The number of nitrogens with zero attached hydrogens (tertiary/aromatic N) is 1. The third-order valence-electron chi connectivity index (χ3n) is 2.38. The van der Waals surface area contributed by atoms with Gasteiger partial charge in [0.15, 0.2) is 0 Å². The van der Waals surface area contributed by atoms with Crippen molar-refractivity contribution in [1.29, 1.82) is 0 Å². The van der Waals surface area contributed by atoms with Gasteiger partial charge in [-0.3, -0.25) is 10.1 Å². The SMILES string of the molecule is Nc1ccc(C(O)C(O)CCS)cc1[N+](=O)[O-]. The molecule has 0 aliphatic rings. The fraction of sp³-hybridized carbons (Fsp3) is 0.400. The van der Waals surface area contributed by atoms with Crippen LogP contribution in [0, 0.1) is 10.1 Å². The van der Waals surface area contributed by atoms with Crippen LogP contribution in [0.25, 0.3) is 0 Å². The first-order chi connectivity index (χ1) is 7.97. The van der Waals surface area contributed by atoms with Crippen LogP contribution in [-0.2, 0) is 0 Å². The molecule has 1 aromatic rings. The Balaban J connectivity index is 2.99. The summed E-state index contributed by atoms with van der Waals surface area (Å²) in [6, 6.07) is 3.96. The van der Waals surface area contributed by atoms with Gasteiger partial charge in [0.2, 0.25) is 0 Å². The number of hydrogen-bond acceptors (Lipinski definition) is 6. The molecule has 1 rings (SSSR count). The summed E-state index contributed by atoms with van der Waals surface area (Å²) in [5.41, 5.74) is 5.44. The van der Waals surface area contributed by atoms with E-state index in [-0.39, 0.29) is 16.9 Å². The van der Waals surface area contributed by atoms with E-state index in [2.05, 4.69) is 12.6 Å². The van der Waals surface area contributed by atoms with Gasteiger partial charge in [-0.1, -0.05) is 6.07 Å². The Hall–Kier alpha value is -1.31. The molecule has 0 heterocycles. The monoisotopic (exact) mass is 258 g/mol. The number of benzene rings is 1. The molecule has 94 valence electrons. The van der Waals surface area contributed by atoms with Crippen LogP contribution in [0.3, 0.4) is 0 Å². The Labute approximate surface area is 104 Å². The fourth-order valence-electron chi connectivity index (χ4n) is 1.42. The molecule has 0 saturated heterocycles. The van der Waals surface area contributed by atoms with Gasteiger partial charge >= 0.3 is 0 Å². The predicted molar refractivity (Wildman–Crippen MR) is 66.9 cm³/mol. The van der Waals surface area contributed by atoms with E-state index in [9.17, 15) is 20.3 Å². The van der Waals surface area contributed by atoms with Crippen LogP contribution >= 0.6 is 12.6 Å². The average molecular weight is 258 g/mol. The van der Waals surface area contributed by atoms with Gasteiger partial charge in [0.1, 0.15) is 11.8 Å². The molecule has 0 bridgehead atoms. The number of aliphatic hydroxyl groups excluding tert-OH is 2. The maximum absolute atomic E-state index is 10.7. The number of hydrogen-bond donors (Lipinski definition) is 4. The summed E-state index contributed by atoms with van der Waals surface area (Å²) in [6.07, 6.45) is -1.89. The van der Waals surface area contributed by atoms with E-state index in [0.29, 0.717) is 12.2 Å². The lowest BCUT2D eigenvalue weighted by atomic mass is 10.0. The zero-order valence-electron chi connectivity index (χ0n) is 8.98. The minimum atomic E-state index is -1.18. The van der Waals surface area contributed by atoms with Gasteiger partial charge in [0.25, 0.3) is 5.69 Å². The number of rotatable bonds is 5. The molecule has 0 aliphatic heterocycles. The zero-order chi connectivity index (χ0) is 13.0. The first-order valence-corrected chi connectivity index (χ1v) is 5.61. The Morgan fingerprint density at radius 3 is 2.65 bits per heavy atom. The van der Waals surface area contributed by atoms with Crippen molar-refractivity contribution in [3.63, 3.8) is 0 Å². The standard InChI is InChI=1S/C10H14N2O4S/c11-7-2-1-6(5-8(7)12(15)16)10(14)9(13)3-4-17/h1-2,5,9-10,13-14,17H,3-4,11H2. The van der Waals surface area contributed by atoms with Gasteiger partial charge in [-0.2, -0.15) is 12.6 Å². The summed E-state index contributed by atoms with van der Waals surface area (Å²) in [6.45, 7) is 0. The number of anilines is 1. The molecule has 2 unspecified atom stereocenters. The topological polar surface area (TPSA) is 110 Å². The third-order valence-corrected chi connectivity index (χ3v) is 2.64. The van der Waals surface area contributed by atoms with Crippen LogP contribution in [0.5, 0.6) is 0 Å². The quantitative estimate of drug-likeness (QED) is 0.271. The van der Waals surface area contributed by atoms with Crippen molar-refractivity contribution >= 4 is 24.0 Å². The summed E-state index contributed by atoms with van der Waals surface area (Å²) in [5.74, 6) is 0.412. The van der Waals surface area contributed by atoms with Crippen LogP contribution in [-0.4, -0.2) is 27.0 Å². The van der Waals surface area contributed by atoms with Gasteiger partial charge in [0, 0.05) is 6.07 Å². The largest absolute Gasteiger partial charge is 0.393 e. The minimum absolute atomic E-state index is 0.0228. The second kappa shape index (κ2) is 5.85. The molecule has 17 heavy (non-hydrogen) atoms. The van der Waals surface area contributed by atoms with Gasteiger partial charge in [-0.05, 0) is 23.8 Å². The third kappa shape index (κ3) is 3.32. The number of nitro groups is 1. The Bertz CT molecular complexity index is 413. The Morgan fingerprint density at radius 2 is 2.12 bits per heavy atom. The summed E-state index contributed by atoms with van der Waals surface area (Å²) in [7, 11) is 0. The summed E-state index contributed by atoms with van der Waals surface area (Å²) in [5, 5.41) is 30.0. The summed E-state index contributed by atoms with van der Waals surface area (Å²) in [4.78, 5) is 10.0. The number of nitrogen functional groups attached to an aromatic ring is 1. The fourth-order valence-corrected chi connectivity index (χ4v) is 1.68. The van der Waals surface area contributed by atoms with Gasteiger partial charge in [-0.25, -0.2) is 0 Å². The van der Waals surface area contributed by atoms with Crippen molar-refractivity contribution in [2.75, 3.05) is 11.5 Å². The number of nitrogens with two attached hydrogens (primary N) is 1. The normalized spacial score (nSPS) is 14.3. The van der Waals surface area contributed by atoms with Crippen molar-refractivity contribution in [3.8, 4) is 0 Å². The molecule has 0 amide bonds. The molecule has 2 atom stereocenters. The van der Waals surface area contributed by atoms with Gasteiger partial charge in [-0.15, -0.1) is 0 Å². The summed E-state index contributed by atoms with van der Waals surface area (Å²) >= 11 is 3.94. The highest BCUT2D eigenvalue weighted by Gasteiger charge is 2.21. The molecule has 0 fully saturated rings. The van der Waals surface area contributed by atoms with E-state index in [0.717, 1.165) is 0 Å². The lowest BCUT2D eigenvalue weighted by molar-refractivity contribution is -0.384. The molecule has 4 N–H and O–H groups in total. The maximum Gasteiger partial charge on any atom is 0.292 e. The second-order valence-electron chi connectivity index (χ2n) is 3.60. The maximum atomic E-state index is 10.7. The number of nitro benzene ring substituents is 1. The van der Waals surface area contributed by atoms with Crippen molar-refractivity contribution < 1.29 is 15.1 Å². The molecular formula is C10H14N2O4S. The molecule has 0 spiro atoms. The summed E-state index contributed by atoms with van der Waals surface area (Å²) < 4.78 is 0. The second-order valence-corrected chi connectivity index (χ2v) is 4.05. The van der Waals surface area contributed by atoms with E-state index in [1.807, 2.05) is 0 Å². The molecule has 0 radical (unpaired) electrons. The molecule has 0 aliphatic carbocycles. The van der Waals surface area contributed by atoms with Crippen LogP contribution < -0.4 is 5.73 Å². The van der Waals surface area contributed by atoms with Gasteiger partial charge < -0.3 is 15.9 Å². The van der Waals surface area contributed by atoms with E-state index in [4.69, 9.17) is 5.73 Å². The first-order valence-electron chi connectivity index (χ1n) is 4.98. The molecule has 0 aromatic heterocycles. The van der Waals surface area contributed by atoms with Crippen molar-refractivity contribution in [2.24, 2.45) is 0 Å². The van der Waals surface area contributed by atoms with Crippen LogP contribution in [0.4, 0.5) is 11.4 Å². The van der Waals surface area contributed by atoms with E-state index in [1.54, 1.807) is 0 Å². The van der Waals surface area contributed by atoms with Crippen LogP contribution in [0.15, 0.2) is 18.2 Å². The predicted octanol–water partition coefficient (Wildman–Crippen LogP) is 0.891. The highest BCUT2D eigenvalue weighted by molar-refractivity contribution is 7.80. The number of thiol groups is 1. The molecule has 1 aromatic carbocycles. The van der Waals surface area contributed by atoms with Crippen LogP contribution in [0.2, 0.25) is 0 Å². The number of aliphatic hydroxyl groups is 2. The van der Waals surface area contributed by atoms with E-state index in [1.165, 1.54) is 18.2 Å². The first kappa shape index (κ1) is 13.8. The highest BCUT2D eigenvalue weighted by Crippen LogP contribution is 2.27. The average Bonchev–Trinajstić information content (AvgIpc) is 2.28. The lowest BCUT2D eigenvalue weighted by Gasteiger charge is -2.17. The van der Waals surface area contributed by atoms with Crippen molar-refractivity contribution in [2.45, 2.75) is 18.6 Å². The Morgan fingerprint density at radius 1 is 1.47 bits per heavy atom. The molecular weight excluding hydrogens is 244 g/mol. The lowest BCUT2D eigenvalue weighted by Crippen LogP contribution is -2.18. The molecule has 7 heteroatoms. The smallest absolute Gasteiger partial charge is 0.292 e. The van der Waals surface area contributed by atoms with Crippen molar-refractivity contribution in [1.82, 2.24) is 0 Å². The van der Waals surface area contributed by atoms with Crippen LogP contribution in [0.1, 0.15) is 18.1 Å². The van der Waals surface area contributed by atoms with Gasteiger partial charge in [0.05, 0.1) is 11.0 Å². The zero-order valence-corrected chi connectivity index (χ0v) is 9.88. The Kier molecular flexibility index (Phi) is 4.73. The highest BCUT2D eigenvalue weighted by atomic mass is 32.1. The van der Waals surface area contributed by atoms with E-state index >= 15 is 0 Å². The van der Waals surface area contributed by atoms with E-state index < -0.39 is 17.1 Å².